The van der Waals surface area contributed by atoms with Crippen molar-refractivity contribution in [2.75, 3.05) is 11.4 Å². The molecule has 0 saturated carbocycles. The molecule has 6 heteroatoms. The molecule has 138 valence electrons. The molecule has 2 aromatic carbocycles. The van der Waals surface area contributed by atoms with E-state index >= 15 is 0 Å². The van der Waals surface area contributed by atoms with E-state index in [-0.39, 0.29) is 17.8 Å². The van der Waals surface area contributed by atoms with Crippen LogP contribution < -0.4 is 9.64 Å². The molecule has 5 nitrogen and oxygen atoms in total. The predicted molar refractivity (Wildman–Crippen MR) is 101 cm³/mol. The number of anilines is 1. The Morgan fingerprint density at radius 1 is 1.30 bits per heavy atom. The molecule has 0 unspecified atom stereocenters. The first-order valence-electron chi connectivity index (χ1n) is 9.35. The summed E-state index contributed by atoms with van der Waals surface area (Å²) in [6.45, 7) is 2.62. The summed E-state index contributed by atoms with van der Waals surface area (Å²) in [6.07, 6.45) is 2.47. The number of fused-ring (bicyclic) bond motifs is 3. The maximum absolute atomic E-state index is 14.3. The lowest BCUT2D eigenvalue weighted by Crippen LogP contribution is -2.27. The molecule has 1 saturated heterocycles. The van der Waals surface area contributed by atoms with Crippen molar-refractivity contribution in [1.82, 2.24) is 9.97 Å². The number of amides is 1. The molecule has 5 rings (SSSR count). The highest BCUT2D eigenvalue weighted by Crippen LogP contribution is 2.45. The van der Waals surface area contributed by atoms with Gasteiger partial charge in [0.2, 0.25) is 5.91 Å². The number of hydrogen-bond acceptors (Lipinski definition) is 3. The van der Waals surface area contributed by atoms with Gasteiger partial charge in [-0.1, -0.05) is 18.2 Å². The van der Waals surface area contributed by atoms with E-state index in [4.69, 9.17) is 4.74 Å². The topological polar surface area (TPSA) is 58.2 Å². The first-order valence-corrected chi connectivity index (χ1v) is 9.35. The maximum atomic E-state index is 14.3. The fraction of sp³-hybridized carbons (Fsp3) is 0.333. The van der Waals surface area contributed by atoms with Crippen molar-refractivity contribution in [3.05, 3.63) is 53.1 Å². The van der Waals surface area contributed by atoms with Crippen LogP contribution in [-0.2, 0) is 11.2 Å². The molecule has 1 amide bonds. The number of imidazole rings is 1. The third-order valence-electron chi connectivity index (χ3n) is 5.46. The van der Waals surface area contributed by atoms with Gasteiger partial charge >= 0.3 is 0 Å². The van der Waals surface area contributed by atoms with Gasteiger partial charge in [-0.3, -0.25) is 4.79 Å². The number of nitrogens with one attached hydrogen (secondary N) is 1. The molecule has 0 spiro atoms. The lowest BCUT2D eigenvalue weighted by atomic mass is 9.95. The third-order valence-corrected chi connectivity index (χ3v) is 5.46. The lowest BCUT2D eigenvalue weighted by molar-refractivity contribution is -0.117. The van der Waals surface area contributed by atoms with E-state index in [1.165, 1.54) is 6.07 Å². The average molecular weight is 365 g/mol. The Kier molecular flexibility index (Phi) is 3.67. The summed E-state index contributed by atoms with van der Waals surface area (Å²) >= 11 is 0. The monoisotopic (exact) mass is 365 g/mol. The van der Waals surface area contributed by atoms with Gasteiger partial charge in [0.05, 0.1) is 11.2 Å². The number of aromatic nitrogens is 2. The smallest absolute Gasteiger partial charge is 0.227 e. The average Bonchev–Trinajstić information content (AvgIpc) is 3.25. The molecule has 2 aliphatic rings. The Hall–Kier alpha value is -2.89. The minimum atomic E-state index is -0.358. The molecule has 2 aliphatic heterocycles. The second-order valence-electron chi connectivity index (χ2n) is 7.24. The van der Waals surface area contributed by atoms with E-state index in [1.807, 2.05) is 24.0 Å². The summed E-state index contributed by atoms with van der Waals surface area (Å²) in [6, 6.07) is 8.74. The van der Waals surface area contributed by atoms with E-state index in [1.54, 1.807) is 12.1 Å². The second kappa shape index (κ2) is 6.08. The van der Waals surface area contributed by atoms with Gasteiger partial charge < -0.3 is 14.6 Å². The zero-order valence-corrected chi connectivity index (χ0v) is 15.1. The highest BCUT2D eigenvalue weighted by atomic mass is 19.1. The first kappa shape index (κ1) is 16.3. The molecular formula is C21H20FN3O2. The number of rotatable bonds is 2. The van der Waals surface area contributed by atoms with Crippen LogP contribution in [0.3, 0.4) is 0 Å². The molecule has 3 aromatic rings. The van der Waals surface area contributed by atoms with Crippen LogP contribution in [0.5, 0.6) is 5.75 Å². The summed E-state index contributed by atoms with van der Waals surface area (Å²) in [5, 5.41) is 0. The number of ether oxygens (including phenoxy) is 1. The van der Waals surface area contributed by atoms with Crippen molar-refractivity contribution >= 4 is 22.6 Å². The van der Waals surface area contributed by atoms with Crippen molar-refractivity contribution in [2.24, 2.45) is 0 Å². The third kappa shape index (κ3) is 2.59. The summed E-state index contributed by atoms with van der Waals surface area (Å²) in [4.78, 5) is 22.0. The molecule has 0 radical (unpaired) electrons. The zero-order valence-electron chi connectivity index (χ0n) is 15.1. The Labute approximate surface area is 156 Å². The van der Waals surface area contributed by atoms with Gasteiger partial charge in [0.1, 0.15) is 23.3 Å². The van der Waals surface area contributed by atoms with E-state index < -0.39 is 0 Å². The van der Waals surface area contributed by atoms with Crippen molar-refractivity contribution < 1.29 is 13.9 Å². The molecule has 1 aromatic heterocycles. The quantitative estimate of drug-likeness (QED) is 0.740. The fourth-order valence-corrected chi connectivity index (χ4v) is 4.21. The van der Waals surface area contributed by atoms with Gasteiger partial charge in [0, 0.05) is 24.1 Å². The van der Waals surface area contributed by atoms with Gasteiger partial charge in [-0.2, -0.15) is 0 Å². The normalized spacial score (nSPS) is 19.4. The number of aromatic amines is 1. The Morgan fingerprint density at radius 2 is 2.15 bits per heavy atom. The molecule has 3 heterocycles. The van der Waals surface area contributed by atoms with Crippen LogP contribution in [0.15, 0.2) is 30.3 Å². The Bertz CT molecular complexity index is 1060. The summed E-state index contributed by atoms with van der Waals surface area (Å²) in [7, 11) is 0. The highest BCUT2D eigenvalue weighted by molar-refractivity contribution is 6.00. The van der Waals surface area contributed by atoms with Crippen LogP contribution in [0, 0.1) is 12.7 Å². The lowest BCUT2D eigenvalue weighted by Gasteiger charge is -2.30. The highest BCUT2D eigenvalue weighted by Gasteiger charge is 2.32. The van der Waals surface area contributed by atoms with E-state index in [2.05, 4.69) is 9.97 Å². The number of nitrogens with zero attached hydrogens (tertiary/aromatic N) is 2. The van der Waals surface area contributed by atoms with Crippen LogP contribution in [0.2, 0.25) is 0 Å². The van der Waals surface area contributed by atoms with E-state index in [9.17, 15) is 9.18 Å². The number of hydrogen-bond donors (Lipinski definition) is 1. The minimum Gasteiger partial charge on any atom is -0.483 e. The number of H-pyrrole nitrogens is 1. The molecule has 0 aliphatic carbocycles. The summed E-state index contributed by atoms with van der Waals surface area (Å²) in [5.74, 6) is 1.34. The van der Waals surface area contributed by atoms with Crippen molar-refractivity contribution in [3.63, 3.8) is 0 Å². The van der Waals surface area contributed by atoms with Crippen molar-refractivity contribution in [2.45, 2.75) is 38.7 Å². The second-order valence-corrected chi connectivity index (χ2v) is 7.24. The van der Waals surface area contributed by atoms with Gasteiger partial charge in [-0.15, -0.1) is 0 Å². The minimum absolute atomic E-state index is 0.143. The SMILES string of the molecule is Cc1nc2c3c(c(N4CCCC4=O)cc2[nH]1)CC[C@@H](c1ccccc1F)O3. The van der Waals surface area contributed by atoms with Crippen molar-refractivity contribution in [1.29, 1.82) is 0 Å². The number of carbonyl (C=O) groups is 1. The summed E-state index contributed by atoms with van der Waals surface area (Å²) < 4.78 is 20.6. The van der Waals surface area contributed by atoms with Crippen LogP contribution in [0.25, 0.3) is 11.0 Å². The number of benzene rings is 2. The van der Waals surface area contributed by atoms with Crippen LogP contribution in [0.4, 0.5) is 10.1 Å². The number of halogens is 1. The van der Waals surface area contributed by atoms with Crippen LogP contribution in [-0.4, -0.2) is 22.4 Å². The largest absolute Gasteiger partial charge is 0.483 e. The molecule has 1 atom stereocenters. The van der Waals surface area contributed by atoms with Crippen LogP contribution in [0.1, 0.15) is 42.3 Å². The van der Waals surface area contributed by atoms with Gasteiger partial charge in [0.25, 0.3) is 0 Å². The van der Waals surface area contributed by atoms with Crippen LogP contribution >= 0.6 is 0 Å². The fourth-order valence-electron chi connectivity index (χ4n) is 4.21. The molecular weight excluding hydrogens is 345 g/mol. The molecule has 1 N–H and O–H groups in total. The zero-order chi connectivity index (χ0) is 18.5. The van der Waals surface area contributed by atoms with E-state index in [0.29, 0.717) is 24.2 Å². The molecule has 0 bridgehead atoms. The standard InChI is InChI=1S/C21H20FN3O2/c1-12-23-16-11-17(25-10-4-7-19(25)26)14-8-9-18(27-21(14)20(16)24-12)13-5-2-3-6-15(13)22/h2-3,5-6,11,18H,4,7-10H2,1H3,(H,23,24)/t18-/m0/s1. The molecule has 27 heavy (non-hydrogen) atoms. The van der Waals surface area contributed by atoms with Gasteiger partial charge in [-0.05, 0) is 38.3 Å². The van der Waals surface area contributed by atoms with Gasteiger partial charge in [0.15, 0.2) is 5.75 Å². The maximum Gasteiger partial charge on any atom is 0.227 e. The predicted octanol–water partition coefficient (Wildman–Crippen LogP) is 4.20. The van der Waals surface area contributed by atoms with Crippen molar-refractivity contribution in [3.8, 4) is 5.75 Å². The first-order chi connectivity index (χ1) is 13.1. The van der Waals surface area contributed by atoms with E-state index in [0.717, 1.165) is 47.5 Å². The number of aryl methyl sites for hydroxylation is 1. The Balaban J connectivity index is 1.65. The molecule has 1 fully saturated rings. The number of carbonyl (C=O) groups excluding carboxylic acids is 1. The van der Waals surface area contributed by atoms with Gasteiger partial charge in [-0.25, -0.2) is 9.37 Å². The Morgan fingerprint density at radius 3 is 2.93 bits per heavy atom. The summed E-state index contributed by atoms with van der Waals surface area (Å²) in [5.41, 5.74) is 4.05.